The fourth-order valence-corrected chi connectivity index (χ4v) is 2.17. The van der Waals surface area contributed by atoms with E-state index in [2.05, 4.69) is 17.3 Å². The zero-order valence-corrected chi connectivity index (χ0v) is 12.5. The second kappa shape index (κ2) is 7.47. The molecule has 21 heavy (non-hydrogen) atoms. The smallest absolute Gasteiger partial charge is 0.407 e. The van der Waals surface area contributed by atoms with E-state index in [-0.39, 0.29) is 6.09 Å². The van der Waals surface area contributed by atoms with Gasteiger partial charge in [0.15, 0.2) is 0 Å². The van der Waals surface area contributed by atoms with Crippen molar-refractivity contribution in [1.29, 1.82) is 0 Å². The SMILES string of the molecule is CCOC(=O)NCCCc1cnn(-c2ccccc2)c1C. The predicted octanol–water partition coefficient (Wildman–Crippen LogP) is 2.86. The number of carbonyl (C=O) groups is 1. The quantitative estimate of drug-likeness (QED) is 0.831. The van der Waals surface area contributed by atoms with Gasteiger partial charge < -0.3 is 10.1 Å². The number of ether oxygens (including phenoxy) is 1. The van der Waals surface area contributed by atoms with Crippen LogP contribution in [0.15, 0.2) is 36.5 Å². The van der Waals surface area contributed by atoms with Crippen LogP contribution in [0.4, 0.5) is 4.79 Å². The molecule has 2 aromatic rings. The van der Waals surface area contributed by atoms with E-state index in [0.717, 1.165) is 24.2 Å². The van der Waals surface area contributed by atoms with Gasteiger partial charge in [0.25, 0.3) is 0 Å². The molecule has 1 N–H and O–H groups in total. The van der Waals surface area contributed by atoms with E-state index >= 15 is 0 Å². The Bertz CT molecular complexity index is 578. The molecule has 1 amide bonds. The number of nitrogens with one attached hydrogen (secondary N) is 1. The van der Waals surface area contributed by atoms with Gasteiger partial charge in [-0.2, -0.15) is 5.10 Å². The normalized spacial score (nSPS) is 10.4. The summed E-state index contributed by atoms with van der Waals surface area (Å²) in [6.07, 6.45) is 3.28. The second-order valence-corrected chi connectivity index (χ2v) is 4.75. The minimum atomic E-state index is -0.353. The van der Waals surface area contributed by atoms with Gasteiger partial charge in [-0.15, -0.1) is 0 Å². The van der Waals surface area contributed by atoms with Crippen LogP contribution in [0, 0.1) is 6.92 Å². The molecule has 0 unspecified atom stereocenters. The molecular formula is C16H21N3O2. The maximum absolute atomic E-state index is 11.2. The molecule has 0 bridgehead atoms. The highest BCUT2D eigenvalue weighted by Gasteiger charge is 2.08. The highest BCUT2D eigenvalue weighted by Crippen LogP contribution is 2.14. The summed E-state index contributed by atoms with van der Waals surface area (Å²) in [6, 6.07) is 10.1. The molecule has 0 fully saturated rings. The van der Waals surface area contributed by atoms with Crippen molar-refractivity contribution in [2.75, 3.05) is 13.2 Å². The van der Waals surface area contributed by atoms with E-state index in [0.29, 0.717) is 13.2 Å². The van der Waals surface area contributed by atoms with Crippen molar-refractivity contribution in [3.8, 4) is 5.69 Å². The van der Waals surface area contributed by atoms with Crippen LogP contribution < -0.4 is 5.32 Å². The number of rotatable bonds is 6. The van der Waals surface area contributed by atoms with Crippen molar-refractivity contribution in [2.45, 2.75) is 26.7 Å². The number of para-hydroxylation sites is 1. The molecule has 0 atom stereocenters. The lowest BCUT2D eigenvalue weighted by Crippen LogP contribution is -2.25. The minimum absolute atomic E-state index is 0.353. The molecule has 1 aromatic heterocycles. The number of alkyl carbamates (subject to hydrolysis) is 1. The number of hydrogen-bond donors (Lipinski definition) is 1. The molecule has 2 rings (SSSR count). The molecule has 0 radical (unpaired) electrons. The first-order valence-electron chi connectivity index (χ1n) is 7.22. The zero-order chi connectivity index (χ0) is 15.1. The number of nitrogens with zero attached hydrogens (tertiary/aromatic N) is 2. The molecule has 0 aliphatic rings. The van der Waals surface area contributed by atoms with E-state index in [9.17, 15) is 4.79 Å². The van der Waals surface area contributed by atoms with Gasteiger partial charge in [-0.1, -0.05) is 18.2 Å². The topological polar surface area (TPSA) is 56.1 Å². The molecule has 5 nitrogen and oxygen atoms in total. The highest BCUT2D eigenvalue weighted by atomic mass is 16.5. The third-order valence-electron chi connectivity index (χ3n) is 3.28. The van der Waals surface area contributed by atoms with Crippen molar-refractivity contribution >= 4 is 6.09 Å². The van der Waals surface area contributed by atoms with Gasteiger partial charge in [-0.25, -0.2) is 9.48 Å². The molecule has 0 saturated heterocycles. The summed E-state index contributed by atoms with van der Waals surface area (Å²) in [6.45, 7) is 4.86. The minimum Gasteiger partial charge on any atom is -0.450 e. The average Bonchev–Trinajstić information content (AvgIpc) is 2.86. The third kappa shape index (κ3) is 4.08. The van der Waals surface area contributed by atoms with Crippen molar-refractivity contribution in [1.82, 2.24) is 15.1 Å². The number of aromatic nitrogens is 2. The van der Waals surface area contributed by atoms with Crippen molar-refractivity contribution in [3.63, 3.8) is 0 Å². The van der Waals surface area contributed by atoms with Gasteiger partial charge >= 0.3 is 6.09 Å². The Labute approximate surface area is 124 Å². The lowest BCUT2D eigenvalue weighted by molar-refractivity contribution is 0.152. The number of aryl methyl sites for hydroxylation is 1. The van der Waals surface area contributed by atoms with E-state index < -0.39 is 0 Å². The van der Waals surface area contributed by atoms with E-state index in [1.165, 1.54) is 5.56 Å². The summed E-state index contributed by atoms with van der Waals surface area (Å²) in [5, 5.41) is 7.16. The van der Waals surface area contributed by atoms with Crippen molar-refractivity contribution in [2.24, 2.45) is 0 Å². The van der Waals surface area contributed by atoms with E-state index in [4.69, 9.17) is 4.74 Å². The zero-order valence-electron chi connectivity index (χ0n) is 12.5. The predicted molar refractivity (Wildman–Crippen MR) is 81.6 cm³/mol. The van der Waals surface area contributed by atoms with Gasteiger partial charge in [0, 0.05) is 12.2 Å². The Morgan fingerprint density at radius 2 is 2.10 bits per heavy atom. The Balaban J connectivity index is 1.88. The summed E-state index contributed by atoms with van der Waals surface area (Å²) in [5.74, 6) is 0. The van der Waals surface area contributed by atoms with Gasteiger partial charge in [0.05, 0.1) is 18.5 Å². The average molecular weight is 287 g/mol. The molecule has 0 spiro atoms. The Hall–Kier alpha value is -2.30. The fourth-order valence-electron chi connectivity index (χ4n) is 2.17. The van der Waals surface area contributed by atoms with Crippen LogP contribution in [0.2, 0.25) is 0 Å². The van der Waals surface area contributed by atoms with Gasteiger partial charge in [-0.05, 0) is 44.4 Å². The van der Waals surface area contributed by atoms with E-state index in [1.54, 1.807) is 6.92 Å². The molecular weight excluding hydrogens is 266 g/mol. The Morgan fingerprint density at radius 1 is 1.33 bits per heavy atom. The van der Waals surface area contributed by atoms with E-state index in [1.807, 2.05) is 41.2 Å². The molecule has 112 valence electrons. The van der Waals surface area contributed by atoms with Crippen LogP contribution in [-0.4, -0.2) is 29.0 Å². The standard InChI is InChI=1S/C16H21N3O2/c1-3-21-16(20)17-11-7-8-14-12-18-19(13(14)2)15-9-5-4-6-10-15/h4-6,9-10,12H,3,7-8,11H2,1-2H3,(H,17,20). The summed E-state index contributed by atoms with van der Waals surface area (Å²) in [5.41, 5.74) is 3.40. The first-order chi connectivity index (χ1) is 10.2. The summed E-state index contributed by atoms with van der Waals surface area (Å²) in [7, 11) is 0. The Morgan fingerprint density at radius 3 is 2.81 bits per heavy atom. The third-order valence-corrected chi connectivity index (χ3v) is 3.28. The summed E-state index contributed by atoms with van der Waals surface area (Å²) < 4.78 is 6.75. The molecule has 0 aliphatic heterocycles. The first-order valence-corrected chi connectivity index (χ1v) is 7.22. The molecule has 0 aliphatic carbocycles. The lowest BCUT2D eigenvalue weighted by Gasteiger charge is -2.06. The maximum Gasteiger partial charge on any atom is 0.407 e. The van der Waals surface area contributed by atoms with Crippen LogP contribution in [0.3, 0.4) is 0 Å². The lowest BCUT2D eigenvalue weighted by atomic mass is 10.1. The fraction of sp³-hybridized carbons (Fsp3) is 0.375. The molecule has 1 aromatic carbocycles. The van der Waals surface area contributed by atoms with Crippen LogP contribution in [0.1, 0.15) is 24.6 Å². The largest absolute Gasteiger partial charge is 0.450 e. The van der Waals surface area contributed by atoms with Crippen molar-refractivity contribution < 1.29 is 9.53 Å². The number of carbonyl (C=O) groups excluding carboxylic acids is 1. The second-order valence-electron chi connectivity index (χ2n) is 4.75. The van der Waals surface area contributed by atoms with Crippen LogP contribution in [0.25, 0.3) is 5.69 Å². The molecule has 5 heteroatoms. The van der Waals surface area contributed by atoms with Crippen LogP contribution in [-0.2, 0) is 11.2 Å². The highest BCUT2D eigenvalue weighted by molar-refractivity contribution is 5.66. The van der Waals surface area contributed by atoms with Gasteiger partial charge in [0.2, 0.25) is 0 Å². The van der Waals surface area contributed by atoms with Crippen LogP contribution >= 0.6 is 0 Å². The maximum atomic E-state index is 11.2. The Kier molecular flexibility index (Phi) is 5.37. The van der Waals surface area contributed by atoms with Gasteiger partial charge in [-0.3, -0.25) is 0 Å². The summed E-state index contributed by atoms with van der Waals surface area (Å²) in [4.78, 5) is 11.2. The number of hydrogen-bond acceptors (Lipinski definition) is 3. The van der Waals surface area contributed by atoms with Crippen molar-refractivity contribution in [3.05, 3.63) is 47.8 Å². The number of benzene rings is 1. The number of amides is 1. The first kappa shape index (κ1) is 15.1. The summed E-state index contributed by atoms with van der Waals surface area (Å²) >= 11 is 0. The monoisotopic (exact) mass is 287 g/mol. The molecule has 1 heterocycles. The molecule has 0 saturated carbocycles. The van der Waals surface area contributed by atoms with Crippen LogP contribution in [0.5, 0.6) is 0 Å². The van der Waals surface area contributed by atoms with Gasteiger partial charge in [0.1, 0.15) is 0 Å².